The van der Waals surface area contributed by atoms with Crippen LogP contribution in [0.5, 0.6) is 0 Å². The smallest absolute Gasteiger partial charge is 0.189 e. The third-order valence-electron chi connectivity index (χ3n) is 2.88. The minimum Gasteiger partial charge on any atom is -0.358 e. The van der Waals surface area contributed by atoms with Crippen LogP contribution in [0.1, 0.15) is 25.1 Å². The van der Waals surface area contributed by atoms with E-state index in [9.17, 15) is 4.79 Å². The first-order chi connectivity index (χ1) is 7.99. The molecule has 0 fully saturated rings. The van der Waals surface area contributed by atoms with E-state index in [4.69, 9.17) is 11.6 Å². The molecule has 2 nitrogen and oxygen atoms in total. The molecule has 0 atom stereocenters. The summed E-state index contributed by atoms with van der Waals surface area (Å²) >= 11 is 6.08. The molecule has 2 rings (SSSR count). The fourth-order valence-corrected chi connectivity index (χ4v) is 2.19. The summed E-state index contributed by atoms with van der Waals surface area (Å²) in [5.41, 5.74) is 2.84. The van der Waals surface area contributed by atoms with Crippen LogP contribution in [-0.2, 0) is 6.42 Å². The molecule has 3 heteroatoms. The molecule has 1 heterocycles. The van der Waals surface area contributed by atoms with Crippen molar-refractivity contribution < 1.29 is 0 Å². The van der Waals surface area contributed by atoms with E-state index in [-0.39, 0.29) is 5.43 Å². The number of aromatic nitrogens is 1. The first kappa shape index (κ1) is 12.2. The molecule has 0 spiro atoms. The lowest BCUT2D eigenvalue weighted by Gasteiger charge is -2.09. The van der Waals surface area contributed by atoms with Crippen LogP contribution < -0.4 is 5.43 Å². The monoisotopic (exact) mass is 249 g/mol. The van der Waals surface area contributed by atoms with Gasteiger partial charge in [0.25, 0.3) is 0 Å². The van der Waals surface area contributed by atoms with Gasteiger partial charge in [-0.05, 0) is 37.0 Å². The van der Waals surface area contributed by atoms with Crippen molar-refractivity contribution in [2.45, 2.75) is 27.2 Å². The summed E-state index contributed by atoms with van der Waals surface area (Å²) in [6.07, 6.45) is 0.872. The summed E-state index contributed by atoms with van der Waals surface area (Å²) in [6, 6.07) is 5.24. The SMILES string of the molecule is Cc1c(Cl)ccc2c(=O)cc(CC(C)C)[nH]c12. The number of hydrogen-bond acceptors (Lipinski definition) is 1. The molecule has 17 heavy (non-hydrogen) atoms. The minimum absolute atomic E-state index is 0.0640. The Morgan fingerprint density at radius 1 is 1.35 bits per heavy atom. The van der Waals surface area contributed by atoms with Crippen molar-refractivity contribution in [2.24, 2.45) is 5.92 Å². The summed E-state index contributed by atoms with van der Waals surface area (Å²) < 4.78 is 0. The number of fused-ring (bicyclic) bond motifs is 1. The van der Waals surface area contributed by atoms with Gasteiger partial charge in [0.1, 0.15) is 0 Å². The Bertz CT molecular complexity index is 613. The van der Waals surface area contributed by atoms with Crippen molar-refractivity contribution in [1.82, 2.24) is 4.98 Å². The van der Waals surface area contributed by atoms with Crippen molar-refractivity contribution in [3.63, 3.8) is 0 Å². The second-order valence-corrected chi connectivity index (χ2v) is 5.26. The molecule has 0 bridgehead atoms. The fourth-order valence-electron chi connectivity index (χ4n) is 2.04. The number of pyridine rings is 1. The highest BCUT2D eigenvalue weighted by molar-refractivity contribution is 6.32. The summed E-state index contributed by atoms with van der Waals surface area (Å²) in [6.45, 7) is 6.19. The highest BCUT2D eigenvalue weighted by Crippen LogP contribution is 2.22. The van der Waals surface area contributed by atoms with Crippen molar-refractivity contribution in [3.05, 3.63) is 44.7 Å². The number of aromatic amines is 1. The number of hydrogen-bond donors (Lipinski definition) is 1. The van der Waals surface area contributed by atoms with Crippen LogP contribution in [0.2, 0.25) is 5.02 Å². The number of benzene rings is 1. The van der Waals surface area contributed by atoms with Gasteiger partial charge in [-0.15, -0.1) is 0 Å². The maximum absolute atomic E-state index is 12.0. The third kappa shape index (κ3) is 2.37. The van der Waals surface area contributed by atoms with E-state index in [0.717, 1.165) is 23.2 Å². The second kappa shape index (κ2) is 4.53. The van der Waals surface area contributed by atoms with Gasteiger partial charge in [0.2, 0.25) is 0 Å². The van der Waals surface area contributed by atoms with E-state index in [2.05, 4.69) is 18.8 Å². The van der Waals surface area contributed by atoms with Crippen LogP contribution in [0.4, 0.5) is 0 Å². The van der Waals surface area contributed by atoms with Gasteiger partial charge in [0.05, 0.1) is 5.52 Å². The van der Waals surface area contributed by atoms with Gasteiger partial charge in [-0.3, -0.25) is 4.79 Å². The number of nitrogens with one attached hydrogen (secondary N) is 1. The average Bonchev–Trinajstić information content (AvgIpc) is 2.23. The zero-order chi connectivity index (χ0) is 12.6. The van der Waals surface area contributed by atoms with Gasteiger partial charge in [0.15, 0.2) is 5.43 Å². The van der Waals surface area contributed by atoms with E-state index in [1.54, 1.807) is 18.2 Å². The minimum atomic E-state index is 0.0640. The lowest BCUT2D eigenvalue weighted by atomic mass is 10.0. The normalized spacial score (nSPS) is 11.4. The Labute approximate surface area is 106 Å². The highest BCUT2D eigenvalue weighted by Gasteiger charge is 2.07. The van der Waals surface area contributed by atoms with Crippen molar-refractivity contribution in [3.8, 4) is 0 Å². The van der Waals surface area contributed by atoms with Gasteiger partial charge >= 0.3 is 0 Å². The maximum atomic E-state index is 12.0. The molecule has 0 saturated carbocycles. The molecule has 0 radical (unpaired) electrons. The standard InChI is InChI=1S/C14H16ClNO/c1-8(2)6-10-7-13(17)11-4-5-12(15)9(3)14(11)16-10/h4-5,7-8H,6H2,1-3H3,(H,16,17). The summed E-state index contributed by atoms with van der Waals surface area (Å²) in [7, 11) is 0. The predicted molar refractivity (Wildman–Crippen MR) is 72.9 cm³/mol. The number of H-pyrrole nitrogens is 1. The number of halogens is 1. The summed E-state index contributed by atoms with van der Waals surface area (Å²) in [4.78, 5) is 15.3. The number of aryl methyl sites for hydroxylation is 1. The molecule has 1 aromatic heterocycles. The first-order valence-corrected chi connectivity index (χ1v) is 6.18. The van der Waals surface area contributed by atoms with Crippen LogP contribution >= 0.6 is 11.6 Å². The molecular weight excluding hydrogens is 234 g/mol. The van der Waals surface area contributed by atoms with Crippen LogP contribution in [0.25, 0.3) is 10.9 Å². The first-order valence-electron chi connectivity index (χ1n) is 5.80. The lowest BCUT2D eigenvalue weighted by Crippen LogP contribution is -2.08. The average molecular weight is 250 g/mol. The van der Waals surface area contributed by atoms with E-state index in [0.29, 0.717) is 16.3 Å². The van der Waals surface area contributed by atoms with E-state index in [1.165, 1.54) is 0 Å². The number of rotatable bonds is 2. The van der Waals surface area contributed by atoms with Gasteiger partial charge in [-0.2, -0.15) is 0 Å². The fraction of sp³-hybridized carbons (Fsp3) is 0.357. The Morgan fingerprint density at radius 3 is 2.71 bits per heavy atom. The topological polar surface area (TPSA) is 32.9 Å². The largest absolute Gasteiger partial charge is 0.358 e. The van der Waals surface area contributed by atoms with E-state index >= 15 is 0 Å². The molecule has 0 aliphatic heterocycles. The molecule has 0 amide bonds. The molecule has 0 saturated heterocycles. The molecule has 1 aromatic carbocycles. The van der Waals surface area contributed by atoms with E-state index in [1.807, 2.05) is 6.92 Å². The van der Waals surface area contributed by atoms with Gasteiger partial charge in [-0.1, -0.05) is 25.4 Å². The van der Waals surface area contributed by atoms with Gasteiger partial charge < -0.3 is 4.98 Å². The van der Waals surface area contributed by atoms with Crippen LogP contribution in [0.15, 0.2) is 23.0 Å². The van der Waals surface area contributed by atoms with Crippen LogP contribution in [0.3, 0.4) is 0 Å². The van der Waals surface area contributed by atoms with Gasteiger partial charge in [-0.25, -0.2) is 0 Å². The Kier molecular flexibility index (Phi) is 3.25. The summed E-state index contributed by atoms with van der Waals surface area (Å²) in [5, 5.41) is 1.40. The van der Waals surface area contributed by atoms with Gasteiger partial charge in [0, 0.05) is 22.2 Å². The highest BCUT2D eigenvalue weighted by atomic mass is 35.5. The van der Waals surface area contributed by atoms with Crippen molar-refractivity contribution in [1.29, 1.82) is 0 Å². The summed E-state index contributed by atoms with van der Waals surface area (Å²) in [5.74, 6) is 0.516. The van der Waals surface area contributed by atoms with Crippen LogP contribution in [-0.4, -0.2) is 4.98 Å². The third-order valence-corrected chi connectivity index (χ3v) is 3.29. The lowest BCUT2D eigenvalue weighted by molar-refractivity contribution is 0.636. The zero-order valence-electron chi connectivity index (χ0n) is 10.3. The maximum Gasteiger partial charge on any atom is 0.189 e. The molecule has 0 unspecified atom stereocenters. The van der Waals surface area contributed by atoms with Crippen LogP contribution in [0, 0.1) is 12.8 Å². The van der Waals surface area contributed by atoms with Crippen molar-refractivity contribution >= 4 is 22.5 Å². The Hall–Kier alpha value is -1.28. The second-order valence-electron chi connectivity index (χ2n) is 4.85. The molecule has 1 N–H and O–H groups in total. The molecule has 0 aliphatic rings. The Balaban J connectivity index is 2.70. The van der Waals surface area contributed by atoms with E-state index < -0.39 is 0 Å². The molecule has 2 aromatic rings. The Morgan fingerprint density at radius 2 is 2.06 bits per heavy atom. The predicted octanol–water partition coefficient (Wildman–Crippen LogP) is 3.69. The zero-order valence-corrected chi connectivity index (χ0v) is 11.1. The molecule has 0 aliphatic carbocycles. The molecule has 90 valence electrons. The quantitative estimate of drug-likeness (QED) is 0.865. The molecular formula is C14H16ClNO. The van der Waals surface area contributed by atoms with Crippen molar-refractivity contribution in [2.75, 3.05) is 0 Å².